The van der Waals surface area contributed by atoms with Gasteiger partial charge in [0.05, 0.1) is 22.6 Å². The van der Waals surface area contributed by atoms with Crippen molar-refractivity contribution in [3.05, 3.63) is 84.0 Å². The Labute approximate surface area is 232 Å². The molecule has 1 atom stereocenters. The van der Waals surface area contributed by atoms with Crippen LogP contribution in [0, 0.1) is 5.82 Å². The average molecular weight is 567 g/mol. The van der Waals surface area contributed by atoms with E-state index in [2.05, 4.69) is 16.5 Å². The average Bonchev–Trinajstić information content (AvgIpc) is 3.36. The molecule has 1 amide bonds. The molecule has 0 spiro atoms. The Morgan fingerprint density at radius 2 is 1.88 bits per heavy atom. The predicted molar refractivity (Wildman–Crippen MR) is 144 cm³/mol. The van der Waals surface area contributed by atoms with Crippen LogP contribution in [0.5, 0.6) is 0 Å². The third kappa shape index (κ3) is 5.67. The standard InChI is InChI=1S/C29H26F4N6O2/c1-2-24(41)38-13-3-4-20(15-38)39-28-25(27(34)35-16-36-28)26(37-39)18-8-5-17(6-9-18)7-12-23(40)21-11-10-19(14-22(21)30)29(31,32)33/h2,5-6,8-11,14,16,20H,1,3-4,7,12-13,15H2,(H2,34,35,36). The minimum absolute atomic E-state index is 0.0818. The molecule has 1 aliphatic heterocycles. The van der Waals surface area contributed by atoms with E-state index in [9.17, 15) is 27.2 Å². The largest absolute Gasteiger partial charge is 0.416 e. The molecule has 2 N–H and O–H groups in total. The van der Waals surface area contributed by atoms with Gasteiger partial charge in [0.25, 0.3) is 0 Å². The number of halogens is 4. The Morgan fingerprint density at radius 1 is 1.12 bits per heavy atom. The van der Waals surface area contributed by atoms with E-state index in [0.29, 0.717) is 41.9 Å². The first-order valence-electron chi connectivity index (χ1n) is 13.0. The van der Waals surface area contributed by atoms with Gasteiger partial charge in [0, 0.05) is 25.1 Å². The number of carbonyl (C=O) groups excluding carboxylic acids is 2. The van der Waals surface area contributed by atoms with Gasteiger partial charge in [0.1, 0.15) is 23.7 Å². The summed E-state index contributed by atoms with van der Waals surface area (Å²) >= 11 is 0. The number of aromatic nitrogens is 4. The molecule has 1 unspecified atom stereocenters. The molecule has 1 saturated heterocycles. The highest BCUT2D eigenvalue weighted by Crippen LogP contribution is 2.34. The van der Waals surface area contributed by atoms with Crippen molar-refractivity contribution in [3.63, 3.8) is 0 Å². The van der Waals surface area contributed by atoms with Gasteiger partial charge in [-0.2, -0.15) is 18.3 Å². The van der Waals surface area contributed by atoms with Crippen LogP contribution in [0.1, 0.15) is 46.8 Å². The molecule has 12 heteroatoms. The number of nitrogens with two attached hydrogens (primary N) is 1. The molecule has 41 heavy (non-hydrogen) atoms. The van der Waals surface area contributed by atoms with E-state index in [1.54, 1.807) is 21.7 Å². The Kier molecular flexibility index (Phi) is 7.57. The number of Topliss-reactive ketones (excluding diaryl/α,β-unsaturated/α-hetero) is 1. The number of hydrogen-bond donors (Lipinski definition) is 1. The number of likely N-dealkylation sites (tertiary alicyclic amines) is 1. The molecule has 1 fully saturated rings. The van der Waals surface area contributed by atoms with Crippen LogP contribution in [0.25, 0.3) is 22.3 Å². The topological polar surface area (TPSA) is 107 Å². The number of nitrogen functional groups attached to an aromatic ring is 1. The Balaban J connectivity index is 1.35. The van der Waals surface area contributed by atoms with Crippen LogP contribution in [0.15, 0.2) is 61.4 Å². The van der Waals surface area contributed by atoms with Gasteiger partial charge in [-0.15, -0.1) is 0 Å². The van der Waals surface area contributed by atoms with Crippen molar-refractivity contribution in [3.8, 4) is 11.3 Å². The Bertz CT molecular complexity index is 1630. The van der Waals surface area contributed by atoms with Gasteiger partial charge in [-0.25, -0.2) is 19.0 Å². The zero-order valence-electron chi connectivity index (χ0n) is 21.9. The molecule has 8 nitrogen and oxygen atoms in total. The molecule has 1 aliphatic rings. The van der Waals surface area contributed by atoms with E-state index < -0.39 is 23.3 Å². The maximum absolute atomic E-state index is 14.2. The number of nitrogens with zero attached hydrogens (tertiary/aromatic N) is 5. The second kappa shape index (κ2) is 11.1. The number of amides is 1. The number of hydrogen-bond acceptors (Lipinski definition) is 6. The molecule has 3 heterocycles. The van der Waals surface area contributed by atoms with E-state index in [0.717, 1.165) is 30.0 Å². The van der Waals surface area contributed by atoms with Crippen molar-refractivity contribution in [1.82, 2.24) is 24.6 Å². The lowest BCUT2D eigenvalue weighted by molar-refractivity contribution is -0.137. The lowest BCUT2D eigenvalue weighted by atomic mass is 9.99. The molecule has 0 aliphatic carbocycles. The number of anilines is 1. The molecule has 5 rings (SSSR count). The van der Waals surface area contributed by atoms with Crippen molar-refractivity contribution in [1.29, 1.82) is 0 Å². The minimum Gasteiger partial charge on any atom is -0.383 e. The van der Waals surface area contributed by atoms with E-state index in [1.807, 2.05) is 12.1 Å². The van der Waals surface area contributed by atoms with Crippen LogP contribution < -0.4 is 5.73 Å². The molecule has 0 radical (unpaired) electrons. The minimum atomic E-state index is -4.69. The third-order valence-electron chi connectivity index (χ3n) is 7.21. The second-order valence-electron chi connectivity index (χ2n) is 9.85. The van der Waals surface area contributed by atoms with Crippen LogP contribution in [-0.2, 0) is 17.4 Å². The molecule has 212 valence electrons. The monoisotopic (exact) mass is 566 g/mol. The summed E-state index contributed by atoms with van der Waals surface area (Å²) in [5.74, 6) is -1.67. The van der Waals surface area contributed by atoms with Gasteiger partial charge in [-0.3, -0.25) is 9.59 Å². The van der Waals surface area contributed by atoms with Gasteiger partial charge in [-0.05, 0) is 49.1 Å². The molecule has 2 aromatic carbocycles. The van der Waals surface area contributed by atoms with Crippen molar-refractivity contribution < 1.29 is 27.2 Å². The highest BCUT2D eigenvalue weighted by Gasteiger charge is 2.32. The van der Waals surface area contributed by atoms with E-state index in [-0.39, 0.29) is 36.2 Å². The fourth-order valence-corrected chi connectivity index (χ4v) is 5.08. The van der Waals surface area contributed by atoms with E-state index >= 15 is 0 Å². The summed E-state index contributed by atoms with van der Waals surface area (Å²) < 4.78 is 54.4. The maximum atomic E-state index is 14.2. The first kappa shape index (κ1) is 27.9. The summed E-state index contributed by atoms with van der Waals surface area (Å²) in [6, 6.07) is 9.00. The number of rotatable bonds is 7. The van der Waals surface area contributed by atoms with Gasteiger partial charge in [0.15, 0.2) is 11.4 Å². The second-order valence-corrected chi connectivity index (χ2v) is 9.85. The first-order chi connectivity index (χ1) is 19.6. The lowest BCUT2D eigenvalue weighted by Gasteiger charge is -2.32. The number of ketones is 1. The quantitative estimate of drug-likeness (QED) is 0.182. The van der Waals surface area contributed by atoms with Crippen molar-refractivity contribution in [2.45, 2.75) is 37.9 Å². The van der Waals surface area contributed by atoms with E-state index in [1.165, 1.54) is 12.4 Å². The SMILES string of the molecule is C=CC(=O)N1CCCC(n2nc(-c3ccc(CCC(=O)c4ccc(C(F)(F)F)cc4F)cc3)c3c(N)ncnc32)C1. The molecule has 0 bridgehead atoms. The number of benzene rings is 2. The Hall–Kier alpha value is -4.61. The summed E-state index contributed by atoms with van der Waals surface area (Å²) in [6.45, 7) is 4.67. The van der Waals surface area contributed by atoms with Crippen LogP contribution >= 0.6 is 0 Å². The summed E-state index contributed by atoms with van der Waals surface area (Å²) in [4.78, 5) is 35.0. The fraction of sp³-hybridized carbons (Fsp3) is 0.276. The normalized spacial score (nSPS) is 15.7. The van der Waals surface area contributed by atoms with Gasteiger partial charge >= 0.3 is 6.18 Å². The van der Waals surface area contributed by atoms with Gasteiger partial charge < -0.3 is 10.6 Å². The molecular formula is C29H26F4N6O2. The van der Waals surface area contributed by atoms with Crippen molar-refractivity contribution in [2.75, 3.05) is 18.8 Å². The molecule has 2 aromatic heterocycles. The lowest BCUT2D eigenvalue weighted by Crippen LogP contribution is -2.40. The van der Waals surface area contributed by atoms with Gasteiger partial charge in [-0.1, -0.05) is 30.8 Å². The third-order valence-corrected chi connectivity index (χ3v) is 7.21. The number of carbonyl (C=O) groups is 2. The number of fused-ring (bicyclic) bond motifs is 1. The molecule has 4 aromatic rings. The first-order valence-corrected chi connectivity index (χ1v) is 13.0. The van der Waals surface area contributed by atoms with Crippen LogP contribution in [0.4, 0.5) is 23.4 Å². The Morgan fingerprint density at radius 3 is 2.56 bits per heavy atom. The fourth-order valence-electron chi connectivity index (χ4n) is 5.08. The summed E-state index contributed by atoms with van der Waals surface area (Å²) in [6.07, 6.45) is -0.252. The van der Waals surface area contributed by atoms with Crippen LogP contribution in [0.2, 0.25) is 0 Å². The maximum Gasteiger partial charge on any atom is 0.416 e. The molecular weight excluding hydrogens is 540 g/mol. The number of piperidine rings is 1. The predicted octanol–water partition coefficient (Wildman–Crippen LogP) is 5.40. The summed E-state index contributed by atoms with van der Waals surface area (Å²) in [5, 5.41) is 5.42. The van der Waals surface area contributed by atoms with Crippen LogP contribution in [-0.4, -0.2) is 49.4 Å². The van der Waals surface area contributed by atoms with Crippen molar-refractivity contribution in [2.24, 2.45) is 0 Å². The highest BCUT2D eigenvalue weighted by molar-refractivity contribution is 5.98. The van der Waals surface area contributed by atoms with Gasteiger partial charge in [0.2, 0.25) is 5.91 Å². The van der Waals surface area contributed by atoms with Crippen LogP contribution in [0.3, 0.4) is 0 Å². The summed E-state index contributed by atoms with van der Waals surface area (Å²) in [7, 11) is 0. The molecule has 0 saturated carbocycles. The van der Waals surface area contributed by atoms with Crippen molar-refractivity contribution >= 4 is 28.5 Å². The zero-order valence-corrected chi connectivity index (χ0v) is 21.9. The number of aryl methyl sites for hydroxylation is 1. The number of alkyl halides is 3. The van der Waals surface area contributed by atoms with E-state index in [4.69, 9.17) is 10.8 Å². The summed E-state index contributed by atoms with van der Waals surface area (Å²) in [5.41, 5.74) is 7.34. The smallest absolute Gasteiger partial charge is 0.383 e. The highest BCUT2D eigenvalue weighted by atomic mass is 19.4. The zero-order chi connectivity index (χ0) is 29.3.